The van der Waals surface area contributed by atoms with Gasteiger partial charge in [-0.25, -0.2) is 9.37 Å². The summed E-state index contributed by atoms with van der Waals surface area (Å²) in [5, 5.41) is 0. The number of nitrogens with zero attached hydrogens (tertiary/aromatic N) is 2. The molecule has 1 heterocycles. The van der Waals surface area contributed by atoms with Gasteiger partial charge in [-0.1, -0.05) is 0 Å². The molecule has 2 rings (SSSR count). The Bertz CT molecular complexity index is 555. The van der Waals surface area contributed by atoms with Gasteiger partial charge in [-0.05, 0) is 41.8 Å². The van der Waals surface area contributed by atoms with Crippen LogP contribution in [0.25, 0.3) is 11.0 Å². The lowest BCUT2D eigenvalue weighted by Gasteiger charge is -2.14. The molecule has 0 spiro atoms. The van der Waals surface area contributed by atoms with Crippen molar-refractivity contribution in [3.8, 4) is 0 Å². The SMILES string of the molecule is CSCC(C)n1c(N)nc2cc(I)c(F)cc21. The van der Waals surface area contributed by atoms with Crippen LogP contribution < -0.4 is 5.73 Å². The summed E-state index contributed by atoms with van der Waals surface area (Å²) in [4.78, 5) is 4.28. The molecule has 0 saturated carbocycles. The van der Waals surface area contributed by atoms with E-state index in [9.17, 15) is 4.39 Å². The van der Waals surface area contributed by atoms with Crippen LogP contribution >= 0.6 is 34.4 Å². The first-order valence-electron chi connectivity index (χ1n) is 5.16. The number of thioether (sulfide) groups is 1. The van der Waals surface area contributed by atoms with E-state index in [0.717, 1.165) is 16.8 Å². The van der Waals surface area contributed by atoms with Crippen LogP contribution in [0.2, 0.25) is 0 Å². The van der Waals surface area contributed by atoms with Gasteiger partial charge in [-0.2, -0.15) is 11.8 Å². The monoisotopic (exact) mass is 365 g/mol. The molecule has 0 fully saturated rings. The molecule has 2 aromatic rings. The smallest absolute Gasteiger partial charge is 0.201 e. The van der Waals surface area contributed by atoms with Gasteiger partial charge in [0.2, 0.25) is 5.95 Å². The summed E-state index contributed by atoms with van der Waals surface area (Å²) in [7, 11) is 0. The van der Waals surface area contributed by atoms with Crippen molar-refractivity contribution >= 4 is 51.3 Å². The summed E-state index contributed by atoms with van der Waals surface area (Å²) >= 11 is 3.69. The summed E-state index contributed by atoms with van der Waals surface area (Å²) in [6.07, 6.45) is 2.04. The minimum Gasteiger partial charge on any atom is -0.369 e. The van der Waals surface area contributed by atoms with Gasteiger partial charge < -0.3 is 10.3 Å². The van der Waals surface area contributed by atoms with Gasteiger partial charge in [0.05, 0.1) is 14.6 Å². The van der Waals surface area contributed by atoms with E-state index in [2.05, 4.69) is 11.9 Å². The van der Waals surface area contributed by atoms with Crippen molar-refractivity contribution in [3.63, 3.8) is 0 Å². The molecule has 0 aliphatic carbocycles. The minimum atomic E-state index is -0.226. The normalized spacial score (nSPS) is 13.2. The first-order chi connectivity index (χ1) is 8.04. The van der Waals surface area contributed by atoms with Crippen LogP contribution in [0.4, 0.5) is 10.3 Å². The maximum absolute atomic E-state index is 13.6. The van der Waals surface area contributed by atoms with E-state index in [-0.39, 0.29) is 11.9 Å². The number of anilines is 1. The molecule has 1 aromatic carbocycles. The minimum absolute atomic E-state index is 0.203. The zero-order valence-corrected chi connectivity index (χ0v) is 12.5. The fourth-order valence-electron chi connectivity index (χ4n) is 1.89. The summed E-state index contributed by atoms with van der Waals surface area (Å²) in [6, 6.07) is 3.44. The highest BCUT2D eigenvalue weighted by atomic mass is 127. The van der Waals surface area contributed by atoms with E-state index in [0.29, 0.717) is 9.52 Å². The van der Waals surface area contributed by atoms with Crippen LogP contribution in [0.5, 0.6) is 0 Å². The number of nitrogens with two attached hydrogens (primary N) is 1. The Labute approximate surface area is 117 Å². The third kappa shape index (κ3) is 2.37. The molecular formula is C11H13FIN3S. The number of rotatable bonds is 3. The highest BCUT2D eigenvalue weighted by Gasteiger charge is 2.15. The number of halogens is 2. The lowest BCUT2D eigenvalue weighted by molar-refractivity contribution is 0.614. The number of hydrogen-bond donors (Lipinski definition) is 1. The fraction of sp³-hybridized carbons (Fsp3) is 0.364. The van der Waals surface area contributed by atoms with Gasteiger partial charge in [0.15, 0.2) is 0 Å². The van der Waals surface area contributed by atoms with Crippen LogP contribution in [-0.2, 0) is 0 Å². The van der Waals surface area contributed by atoms with Crippen LogP contribution in [0, 0.1) is 9.39 Å². The molecule has 0 saturated heterocycles. The van der Waals surface area contributed by atoms with Gasteiger partial charge in [0, 0.05) is 17.9 Å². The number of nitrogen functional groups attached to an aromatic ring is 1. The maximum atomic E-state index is 13.6. The molecule has 1 atom stereocenters. The van der Waals surface area contributed by atoms with Gasteiger partial charge in [0.1, 0.15) is 5.82 Å². The number of imidazole rings is 1. The topological polar surface area (TPSA) is 43.8 Å². The van der Waals surface area contributed by atoms with Gasteiger partial charge >= 0.3 is 0 Å². The van der Waals surface area contributed by atoms with Crippen LogP contribution in [0.3, 0.4) is 0 Å². The van der Waals surface area contributed by atoms with E-state index in [1.807, 2.05) is 33.4 Å². The largest absolute Gasteiger partial charge is 0.369 e. The second-order valence-electron chi connectivity index (χ2n) is 3.90. The average Bonchev–Trinajstić information content (AvgIpc) is 2.55. The molecule has 0 amide bonds. The van der Waals surface area contributed by atoms with Crippen molar-refractivity contribution in [2.75, 3.05) is 17.7 Å². The number of aromatic nitrogens is 2. The quantitative estimate of drug-likeness (QED) is 0.849. The van der Waals surface area contributed by atoms with Crippen molar-refractivity contribution < 1.29 is 4.39 Å². The third-order valence-corrected chi connectivity index (χ3v) is 4.25. The third-order valence-electron chi connectivity index (χ3n) is 2.61. The van der Waals surface area contributed by atoms with Crippen molar-refractivity contribution in [2.45, 2.75) is 13.0 Å². The Kier molecular flexibility index (Phi) is 3.82. The number of fused-ring (bicyclic) bond motifs is 1. The molecule has 1 aromatic heterocycles. The average molecular weight is 365 g/mol. The summed E-state index contributed by atoms with van der Waals surface area (Å²) in [5.74, 6) is 1.14. The van der Waals surface area contributed by atoms with Gasteiger partial charge in [-0.15, -0.1) is 0 Å². The van der Waals surface area contributed by atoms with Gasteiger partial charge in [-0.3, -0.25) is 0 Å². The molecule has 2 N–H and O–H groups in total. The zero-order chi connectivity index (χ0) is 12.6. The van der Waals surface area contributed by atoms with Crippen molar-refractivity contribution in [1.82, 2.24) is 9.55 Å². The van der Waals surface area contributed by atoms with Crippen LogP contribution in [0.1, 0.15) is 13.0 Å². The van der Waals surface area contributed by atoms with Crippen molar-refractivity contribution in [3.05, 3.63) is 21.5 Å². The van der Waals surface area contributed by atoms with E-state index in [1.165, 1.54) is 6.07 Å². The molecule has 0 aliphatic rings. The molecule has 0 aliphatic heterocycles. The van der Waals surface area contributed by atoms with Crippen molar-refractivity contribution in [2.24, 2.45) is 0 Å². The zero-order valence-electron chi connectivity index (χ0n) is 9.58. The summed E-state index contributed by atoms with van der Waals surface area (Å²) < 4.78 is 16.1. The molecule has 0 radical (unpaired) electrons. The molecule has 6 heteroatoms. The Morgan fingerprint density at radius 1 is 1.59 bits per heavy atom. The van der Waals surface area contributed by atoms with Gasteiger partial charge in [0.25, 0.3) is 0 Å². The fourth-order valence-corrected chi connectivity index (χ4v) is 2.97. The van der Waals surface area contributed by atoms with E-state index >= 15 is 0 Å². The molecular weight excluding hydrogens is 352 g/mol. The second-order valence-corrected chi connectivity index (χ2v) is 5.97. The van der Waals surface area contributed by atoms with E-state index < -0.39 is 0 Å². The molecule has 3 nitrogen and oxygen atoms in total. The highest BCUT2D eigenvalue weighted by Crippen LogP contribution is 2.27. The summed E-state index contributed by atoms with van der Waals surface area (Å²) in [6.45, 7) is 2.06. The standard InChI is InChI=1S/C11H13FIN3S/c1-6(5-17-2)16-10-3-7(12)8(13)4-9(10)15-11(16)14/h3-4,6H,5H2,1-2H3,(H2,14,15). The lowest BCUT2D eigenvalue weighted by Crippen LogP contribution is -2.10. The Morgan fingerprint density at radius 3 is 2.94 bits per heavy atom. The van der Waals surface area contributed by atoms with Crippen LogP contribution in [-0.4, -0.2) is 21.6 Å². The van der Waals surface area contributed by atoms with E-state index in [4.69, 9.17) is 5.73 Å². The Hall–Kier alpha value is -0.500. The first-order valence-corrected chi connectivity index (χ1v) is 7.63. The predicted octanol–water partition coefficient (Wildman–Crippen LogP) is 3.29. The van der Waals surface area contributed by atoms with Crippen molar-refractivity contribution in [1.29, 1.82) is 0 Å². The lowest BCUT2D eigenvalue weighted by atomic mass is 10.3. The molecule has 17 heavy (non-hydrogen) atoms. The molecule has 92 valence electrons. The predicted molar refractivity (Wildman–Crippen MR) is 79.9 cm³/mol. The molecule has 0 bridgehead atoms. The van der Waals surface area contributed by atoms with Crippen LogP contribution in [0.15, 0.2) is 12.1 Å². The Balaban J connectivity index is 2.62. The molecule has 1 unspecified atom stereocenters. The Morgan fingerprint density at radius 2 is 2.29 bits per heavy atom. The number of benzene rings is 1. The first kappa shape index (κ1) is 12.9. The van der Waals surface area contributed by atoms with E-state index in [1.54, 1.807) is 17.8 Å². The summed E-state index contributed by atoms with van der Waals surface area (Å²) in [5.41, 5.74) is 7.42. The number of hydrogen-bond acceptors (Lipinski definition) is 3. The second kappa shape index (κ2) is 5.01. The maximum Gasteiger partial charge on any atom is 0.201 e. The highest BCUT2D eigenvalue weighted by molar-refractivity contribution is 14.1.